The maximum atomic E-state index is 4.27. The summed E-state index contributed by atoms with van der Waals surface area (Å²) in [4.78, 5) is 0. The van der Waals surface area contributed by atoms with Crippen LogP contribution in [0, 0.1) is 29.1 Å². The lowest BCUT2D eigenvalue weighted by molar-refractivity contribution is -0.0323. The lowest BCUT2D eigenvalue weighted by Crippen LogP contribution is -2.45. The van der Waals surface area contributed by atoms with Crippen molar-refractivity contribution in [2.24, 2.45) is 29.1 Å². The fourth-order valence-electron chi connectivity index (χ4n) is 5.40. The fourth-order valence-corrected chi connectivity index (χ4v) is 5.40. The maximum Gasteiger partial charge on any atom is -0.0258 e. The highest BCUT2D eigenvalue weighted by molar-refractivity contribution is 5.10. The first-order chi connectivity index (χ1) is 8.08. The lowest BCUT2D eigenvalue weighted by atomic mass is 9.50. The molecule has 0 bridgehead atoms. The Labute approximate surface area is 107 Å². The molecule has 0 heteroatoms. The molecule has 0 N–H and O–H groups in total. The second kappa shape index (κ2) is 4.14. The van der Waals surface area contributed by atoms with Crippen molar-refractivity contribution in [2.45, 2.75) is 65.2 Å². The van der Waals surface area contributed by atoms with Gasteiger partial charge in [0, 0.05) is 0 Å². The highest BCUT2D eigenvalue weighted by Crippen LogP contribution is 2.58. The molecule has 17 heavy (non-hydrogen) atoms. The molecule has 3 saturated carbocycles. The third-order valence-corrected chi connectivity index (χ3v) is 6.26. The Morgan fingerprint density at radius 2 is 2.00 bits per heavy atom. The maximum absolute atomic E-state index is 4.27. The SMILES string of the molecule is C=C1CCC2C3CCC(C)CC3CCC2(C)C1. The van der Waals surface area contributed by atoms with Gasteiger partial charge in [0.2, 0.25) is 0 Å². The number of hydrogen-bond donors (Lipinski definition) is 0. The van der Waals surface area contributed by atoms with Gasteiger partial charge in [-0.05, 0) is 74.0 Å². The lowest BCUT2D eigenvalue weighted by Gasteiger charge is -2.55. The summed E-state index contributed by atoms with van der Waals surface area (Å²) in [5.74, 6) is 4.17. The van der Waals surface area contributed by atoms with Crippen molar-refractivity contribution >= 4 is 0 Å². The number of hydrogen-bond acceptors (Lipinski definition) is 0. The van der Waals surface area contributed by atoms with Crippen LogP contribution in [0.3, 0.4) is 0 Å². The molecule has 3 rings (SSSR count). The van der Waals surface area contributed by atoms with E-state index in [0.717, 1.165) is 23.7 Å². The van der Waals surface area contributed by atoms with Gasteiger partial charge < -0.3 is 0 Å². The standard InChI is InChI=1S/C17H28/c1-12-4-6-15-14(10-12)8-9-17(3)11-13(2)5-7-16(15)17/h12,14-16H,2,4-11H2,1,3H3. The first kappa shape index (κ1) is 11.8. The minimum atomic E-state index is 0.622. The van der Waals surface area contributed by atoms with Crippen molar-refractivity contribution in [3.8, 4) is 0 Å². The molecule has 0 spiro atoms. The molecule has 3 aliphatic rings. The van der Waals surface area contributed by atoms with Gasteiger partial charge in [0.05, 0.1) is 0 Å². The molecule has 0 aromatic rings. The molecule has 0 saturated heterocycles. The quantitative estimate of drug-likeness (QED) is 0.504. The predicted molar refractivity (Wildman–Crippen MR) is 73.8 cm³/mol. The van der Waals surface area contributed by atoms with E-state index in [1.54, 1.807) is 0 Å². The molecule has 0 heterocycles. The van der Waals surface area contributed by atoms with E-state index < -0.39 is 0 Å². The van der Waals surface area contributed by atoms with E-state index in [9.17, 15) is 0 Å². The summed E-state index contributed by atoms with van der Waals surface area (Å²) < 4.78 is 0. The van der Waals surface area contributed by atoms with Gasteiger partial charge in [-0.2, -0.15) is 0 Å². The molecular formula is C17H28. The summed E-state index contributed by atoms with van der Waals surface area (Å²) in [6.45, 7) is 9.30. The van der Waals surface area contributed by atoms with E-state index in [4.69, 9.17) is 0 Å². The highest BCUT2D eigenvalue weighted by atomic mass is 14.5. The second-order valence-corrected chi connectivity index (χ2v) is 7.61. The Balaban J connectivity index is 1.80. The molecule has 0 radical (unpaired) electrons. The molecule has 5 atom stereocenters. The molecule has 5 unspecified atom stereocenters. The minimum Gasteiger partial charge on any atom is -0.0998 e. The van der Waals surface area contributed by atoms with Gasteiger partial charge in [0.1, 0.15) is 0 Å². The van der Waals surface area contributed by atoms with Crippen molar-refractivity contribution in [3.63, 3.8) is 0 Å². The van der Waals surface area contributed by atoms with Gasteiger partial charge >= 0.3 is 0 Å². The molecule has 96 valence electrons. The van der Waals surface area contributed by atoms with Crippen LogP contribution in [-0.2, 0) is 0 Å². The van der Waals surface area contributed by atoms with Crippen molar-refractivity contribution < 1.29 is 0 Å². The van der Waals surface area contributed by atoms with E-state index in [2.05, 4.69) is 20.4 Å². The summed E-state index contributed by atoms with van der Waals surface area (Å²) >= 11 is 0. The normalized spacial score (nSPS) is 50.6. The van der Waals surface area contributed by atoms with Crippen molar-refractivity contribution in [1.29, 1.82) is 0 Å². The van der Waals surface area contributed by atoms with Crippen LogP contribution in [0.5, 0.6) is 0 Å². The van der Waals surface area contributed by atoms with Gasteiger partial charge in [0.25, 0.3) is 0 Å². The Morgan fingerprint density at radius 3 is 2.82 bits per heavy atom. The Hall–Kier alpha value is -0.260. The van der Waals surface area contributed by atoms with Crippen LogP contribution in [0.1, 0.15) is 65.2 Å². The van der Waals surface area contributed by atoms with Crippen molar-refractivity contribution in [3.05, 3.63) is 12.2 Å². The van der Waals surface area contributed by atoms with Crippen LogP contribution in [0.25, 0.3) is 0 Å². The molecule has 3 aliphatic carbocycles. The molecule has 0 aliphatic heterocycles. The van der Waals surface area contributed by atoms with E-state index in [0.29, 0.717) is 5.41 Å². The predicted octanol–water partition coefficient (Wildman–Crippen LogP) is 5.20. The van der Waals surface area contributed by atoms with E-state index in [1.165, 1.54) is 56.9 Å². The molecule has 0 amide bonds. The van der Waals surface area contributed by atoms with Crippen LogP contribution in [0.2, 0.25) is 0 Å². The first-order valence-corrected chi connectivity index (χ1v) is 7.75. The van der Waals surface area contributed by atoms with Gasteiger partial charge in [0.15, 0.2) is 0 Å². The van der Waals surface area contributed by atoms with E-state index in [1.807, 2.05) is 0 Å². The zero-order valence-corrected chi connectivity index (χ0v) is 11.7. The van der Waals surface area contributed by atoms with Crippen LogP contribution < -0.4 is 0 Å². The second-order valence-electron chi connectivity index (χ2n) is 7.61. The average Bonchev–Trinajstić information content (AvgIpc) is 2.27. The Morgan fingerprint density at radius 1 is 1.18 bits per heavy atom. The average molecular weight is 232 g/mol. The number of fused-ring (bicyclic) bond motifs is 3. The zero-order chi connectivity index (χ0) is 12.0. The zero-order valence-electron chi connectivity index (χ0n) is 11.7. The number of allylic oxidation sites excluding steroid dienone is 1. The highest BCUT2D eigenvalue weighted by Gasteiger charge is 2.48. The molecule has 0 aromatic heterocycles. The third-order valence-electron chi connectivity index (χ3n) is 6.26. The summed E-state index contributed by atoms with van der Waals surface area (Å²) in [5.41, 5.74) is 2.16. The van der Waals surface area contributed by atoms with Crippen LogP contribution in [-0.4, -0.2) is 0 Å². The molecule has 0 nitrogen and oxygen atoms in total. The summed E-state index contributed by atoms with van der Waals surface area (Å²) in [7, 11) is 0. The van der Waals surface area contributed by atoms with Crippen LogP contribution in [0.4, 0.5) is 0 Å². The summed E-state index contributed by atoms with van der Waals surface area (Å²) in [6, 6.07) is 0. The van der Waals surface area contributed by atoms with Crippen molar-refractivity contribution in [1.82, 2.24) is 0 Å². The first-order valence-electron chi connectivity index (χ1n) is 7.75. The topological polar surface area (TPSA) is 0 Å². The molecule has 3 fully saturated rings. The molecular weight excluding hydrogens is 204 g/mol. The largest absolute Gasteiger partial charge is 0.0998 e. The third kappa shape index (κ3) is 1.98. The van der Waals surface area contributed by atoms with Crippen LogP contribution in [0.15, 0.2) is 12.2 Å². The van der Waals surface area contributed by atoms with Crippen molar-refractivity contribution in [2.75, 3.05) is 0 Å². The van der Waals surface area contributed by atoms with E-state index in [-0.39, 0.29) is 0 Å². The van der Waals surface area contributed by atoms with Crippen LogP contribution >= 0.6 is 0 Å². The smallest absolute Gasteiger partial charge is 0.0258 e. The van der Waals surface area contributed by atoms with Gasteiger partial charge in [-0.1, -0.05) is 32.4 Å². The number of rotatable bonds is 0. The summed E-state index contributed by atoms with van der Waals surface area (Å²) in [6.07, 6.45) is 11.6. The van der Waals surface area contributed by atoms with Gasteiger partial charge in [-0.15, -0.1) is 0 Å². The fraction of sp³-hybridized carbons (Fsp3) is 0.882. The van der Waals surface area contributed by atoms with Gasteiger partial charge in [-0.3, -0.25) is 0 Å². The minimum absolute atomic E-state index is 0.622. The van der Waals surface area contributed by atoms with Gasteiger partial charge in [-0.25, -0.2) is 0 Å². The van der Waals surface area contributed by atoms with E-state index >= 15 is 0 Å². The molecule has 0 aromatic carbocycles. The Kier molecular flexibility index (Phi) is 2.88. The monoisotopic (exact) mass is 232 g/mol. The Bertz CT molecular complexity index is 316. The summed E-state index contributed by atoms with van der Waals surface area (Å²) in [5, 5.41) is 0.